The number of nitrogens with zero attached hydrogens (tertiary/aromatic N) is 2. The lowest BCUT2D eigenvalue weighted by Crippen LogP contribution is -2.36. The molecule has 3 heterocycles. The largest absolute Gasteiger partial charge is 0.378 e. The molecule has 1 N–H and O–H groups in total. The van der Waals surface area contributed by atoms with Gasteiger partial charge in [-0.15, -0.1) is 0 Å². The van der Waals surface area contributed by atoms with Gasteiger partial charge in [0.05, 0.1) is 6.10 Å². The van der Waals surface area contributed by atoms with Crippen LogP contribution in [0.1, 0.15) is 37.4 Å². The van der Waals surface area contributed by atoms with Gasteiger partial charge in [0.2, 0.25) is 0 Å². The Hall–Kier alpha value is -1.08. The maximum atomic E-state index is 14.3. The van der Waals surface area contributed by atoms with E-state index in [1.54, 1.807) is 0 Å². The van der Waals surface area contributed by atoms with Crippen molar-refractivity contribution in [2.24, 2.45) is 5.92 Å². The minimum Gasteiger partial charge on any atom is -0.378 e. The number of hydrogen-bond acceptors (Lipinski definition) is 5. The van der Waals surface area contributed by atoms with Crippen LogP contribution in [0.3, 0.4) is 0 Å². The molecular formula is C13H19F2N3O2. The third kappa shape index (κ3) is 2.83. The smallest absolute Gasteiger partial charge is 0.327 e. The molecule has 1 atom stereocenters. The SMILES string of the molecule is FC(F)(c1nc(CC2CCCO2)no1)C1CCNCC1. The molecule has 2 aliphatic heterocycles. The number of rotatable bonds is 4. The first kappa shape index (κ1) is 13.9. The Balaban J connectivity index is 1.67. The highest BCUT2D eigenvalue weighted by molar-refractivity contribution is 4.99. The van der Waals surface area contributed by atoms with Crippen molar-refractivity contribution < 1.29 is 18.0 Å². The minimum absolute atomic E-state index is 0.0351. The molecule has 2 aliphatic rings. The van der Waals surface area contributed by atoms with Crippen LogP contribution in [0.25, 0.3) is 0 Å². The molecule has 0 amide bonds. The highest BCUT2D eigenvalue weighted by Crippen LogP contribution is 2.39. The molecule has 2 fully saturated rings. The molecular weight excluding hydrogens is 268 g/mol. The molecule has 0 saturated carbocycles. The van der Waals surface area contributed by atoms with Gasteiger partial charge in [-0.3, -0.25) is 0 Å². The van der Waals surface area contributed by atoms with Crippen molar-refractivity contribution in [1.82, 2.24) is 15.5 Å². The van der Waals surface area contributed by atoms with Crippen LogP contribution in [0.4, 0.5) is 8.78 Å². The summed E-state index contributed by atoms with van der Waals surface area (Å²) in [5.41, 5.74) is 0. The van der Waals surface area contributed by atoms with Gasteiger partial charge in [-0.25, -0.2) is 0 Å². The summed E-state index contributed by atoms with van der Waals surface area (Å²) in [4.78, 5) is 3.89. The van der Waals surface area contributed by atoms with Crippen LogP contribution in [0, 0.1) is 5.92 Å². The molecule has 20 heavy (non-hydrogen) atoms. The number of alkyl halides is 2. The van der Waals surface area contributed by atoms with Crippen molar-refractivity contribution in [3.05, 3.63) is 11.7 Å². The van der Waals surface area contributed by atoms with Crippen LogP contribution in [0.15, 0.2) is 4.52 Å². The van der Waals surface area contributed by atoms with Crippen LogP contribution in [-0.4, -0.2) is 35.9 Å². The molecule has 0 bridgehead atoms. The Kier molecular flexibility index (Phi) is 3.98. The fraction of sp³-hybridized carbons (Fsp3) is 0.846. The van der Waals surface area contributed by atoms with Crippen molar-refractivity contribution in [2.75, 3.05) is 19.7 Å². The van der Waals surface area contributed by atoms with Crippen LogP contribution < -0.4 is 5.32 Å². The summed E-state index contributed by atoms with van der Waals surface area (Å²) in [6.45, 7) is 1.94. The van der Waals surface area contributed by atoms with E-state index in [1.807, 2.05) is 0 Å². The molecule has 0 aliphatic carbocycles. The van der Waals surface area contributed by atoms with Crippen molar-refractivity contribution >= 4 is 0 Å². The van der Waals surface area contributed by atoms with E-state index >= 15 is 0 Å². The molecule has 2 saturated heterocycles. The molecule has 5 nitrogen and oxygen atoms in total. The summed E-state index contributed by atoms with van der Waals surface area (Å²) >= 11 is 0. The Morgan fingerprint density at radius 2 is 2.05 bits per heavy atom. The summed E-state index contributed by atoms with van der Waals surface area (Å²) in [6.07, 6.45) is 3.27. The van der Waals surface area contributed by atoms with E-state index in [2.05, 4.69) is 15.5 Å². The summed E-state index contributed by atoms with van der Waals surface area (Å²) in [5.74, 6) is -3.98. The normalized spacial score (nSPS) is 25.2. The van der Waals surface area contributed by atoms with Gasteiger partial charge in [0, 0.05) is 18.9 Å². The second kappa shape index (κ2) is 5.73. The second-order valence-corrected chi connectivity index (χ2v) is 5.50. The van der Waals surface area contributed by atoms with Gasteiger partial charge in [-0.2, -0.15) is 13.8 Å². The average Bonchev–Trinajstić information content (AvgIpc) is 3.12. The second-order valence-electron chi connectivity index (χ2n) is 5.50. The van der Waals surface area contributed by atoms with E-state index in [0.717, 1.165) is 19.4 Å². The lowest BCUT2D eigenvalue weighted by atomic mass is 9.91. The first-order chi connectivity index (χ1) is 9.66. The molecule has 7 heteroatoms. The van der Waals surface area contributed by atoms with Crippen molar-refractivity contribution in [3.63, 3.8) is 0 Å². The zero-order valence-electron chi connectivity index (χ0n) is 11.3. The minimum atomic E-state index is -3.04. The molecule has 1 unspecified atom stereocenters. The molecule has 0 aromatic carbocycles. The van der Waals surface area contributed by atoms with Gasteiger partial charge in [0.25, 0.3) is 5.89 Å². The van der Waals surface area contributed by atoms with Crippen LogP contribution in [-0.2, 0) is 17.1 Å². The van der Waals surface area contributed by atoms with E-state index in [4.69, 9.17) is 9.26 Å². The Labute approximate surface area is 116 Å². The third-order valence-electron chi connectivity index (χ3n) is 4.04. The molecule has 112 valence electrons. The first-order valence-corrected chi connectivity index (χ1v) is 7.19. The maximum absolute atomic E-state index is 14.3. The molecule has 1 aromatic rings. The molecule has 3 rings (SSSR count). The average molecular weight is 287 g/mol. The number of piperidine rings is 1. The first-order valence-electron chi connectivity index (χ1n) is 7.19. The van der Waals surface area contributed by atoms with Gasteiger partial charge in [0.1, 0.15) is 0 Å². The maximum Gasteiger partial charge on any atom is 0.327 e. The number of halogens is 2. The third-order valence-corrected chi connectivity index (χ3v) is 4.04. The lowest BCUT2D eigenvalue weighted by molar-refractivity contribution is -0.0993. The van der Waals surface area contributed by atoms with Crippen LogP contribution >= 0.6 is 0 Å². The lowest BCUT2D eigenvalue weighted by Gasteiger charge is -2.27. The van der Waals surface area contributed by atoms with E-state index in [1.165, 1.54) is 0 Å². The zero-order chi connectivity index (χ0) is 14.0. The van der Waals surface area contributed by atoms with Gasteiger partial charge >= 0.3 is 5.92 Å². The highest BCUT2D eigenvalue weighted by Gasteiger charge is 2.46. The predicted molar refractivity (Wildman–Crippen MR) is 66.5 cm³/mol. The number of aromatic nitrogens is 2. The standard InChI is InChI=1S/C13H19F2N3O2/c14-13(15,9-3-5-16-6-4-9)12-17-11(18-20-12)8-10-2-1-7-19-10/h9-10,16H,1-8H2. The summed E-state index contributed by atoms with van der Waals surface area (Å²) in [7, 11) is 0. The van der Waals surface area contributed by atoms with Crippen LogP contribution in [0.2, 0.25) is 0 Å². The topological polar surface area (TPSA) is 60.2 Å². The quantitative estimate of drug-likeness (QED) is 0.916. The summed E-state index contributed by atoms with van der Waals surface area (Å²) < 4.78 is 38.9. The monoisotopic (exact) mass is 287 g/mol. The van der Waals surface area contributed by atoms with Gasteiger partial charge < -0.3 is 14.6 Å². The van der Waals surface area contributed by atoms with E-state index < -0.39 is 17.7 Å². The molecule has 0 spiro atoms. The summed E-state index contributed by atoms with van der Waals surface area (Å²) in [6, 6.07) is 0. The Bertz CT molecular complexity index is 441. The van der Waals surface area contributed by atoms with Gasteiger partial charge in [0.15, 0.2) is 5.82 Å². The number of nitrogens with one attached hydrogen (secondary N) is 1. The molecule has 0 radical (unpaired) electrons. The zero-order valence-corrected chi connectivity index (χ0v) is 11.3. The number of hydrogen-bond donors (Lipinski definition) is 1. The Morgan fingerprint density at radius 3 is 2.75 bits per heavy atom. The van der Waals surface area contributed by atoms with Gasteiger partial charge in [-0.05, 0) is 38.8 Å². The van der Waals surface area contributed by atoms with Crippen molar-refractivity contribution in [3.8, 4) is 0 Å². The predicted octanol–water partition coefficient (Wildman–Crippen LogP) is 1.88. The van der Waals surface area contributed by atoms with E-state index in [9.17, 15) is 8.78 Å². The molecule has 1 aromatic heterocycles. The van der Waals surface area contributed by atoms with Gasteiger partial charge in [-0.1, -0.05) is 5.16 Å². The Morgan fingerprint density at radius 1 is 1.25 bits per heavy atom. The highest BCUT2D eigenvalue weighted by atomic mass is 19.3. The summed E-state index contributed by atoms with van der Waals surface area (Å²) in [5, 5.41) is 6.75. The number of ether oxygens (including phenoxy) is 1. The fourth-order valence-electron chi connectivity index (χ4n) is 2.84. The van der Waals surface area contributed by atoms with Crippen LogP contribution in [0.5, 0.6) is 0 Å². The van der Waals surface area contributed by atoms with Crippen molar-refractivity contribution in [1.29, 1.82) is 0 Å². The van der Waals surface area contributed by atoms with E-state index in [-0.39, 0.29) is 6.10 Å². The fourth-order valence-corrected chi connectivity index (χ4v) is 2.84. The van der Waals surface area contributed by atoms with E-state index in [0.29, 0.717) is 38.2 Å². The van der Waals surface area contributed by atoms with Crippen molar-refractivity contribution in [2.45, 2.75) is 44.1 Å².